The van der Waals surface area contributed by atoms with Gasteiger partial charge in [-0.1, -0.05) is 32.0 Å². The Balaban J connectivity index is 1.39. The van der Waals surface area contributed by atoms with Gasteiger partial charge in [0.1, 0.15) is 0 Å². The largest absolute Gasteiger partial charge is 0.377 e. The van der Waals surface area contributed by atoms with Gasteiger partial charge in [-0.3, -0.25) is 0 Å². The Bertz CT molecular complexity index is 757. The van der Waals surface area contributed by atoms with Crippen LogP contribution in [0.25, 0.3) is 5.69 Å². The number of imidazole rings is 1. The third-order valence-electron chi connectivity index (χ3n) is 5.60. The highest BCUT2D eigenvalue weighted by atomic mass is 16.5. The van der Waals surface area contributed by atoms with Crippen molar-refractivity contribution in [3.05, 3.63) is 48.5 Å². The summed E-state index contributed by atoms with van der Waals surface area (Å²) in [6, 6.07) is 8.05. The Kier molecular flexibility index (Phi) is 4.00. The first kappa shape index (κ1) is 16.1. The number of fused-ring (bicyclic) bond motifs is 1. The molecule has 2 aliphatic rings. The fraction of sp³-hybridized carbons (Fsp3) is 0.474. The van der Waals surface area contributed by atoms with E-state index < -0.39 is 0 Å². The number of ether oxygens (including phenoxy) is 1. The van der Waals surface area contributed by atoms with Gasteiger partial charge in [0.05, 0.1) is 18.1 Å². The third-order valence-corrected chi connectivity index (χ3v) is 5.60. The van der Waals surface area contributed by atoms with Crippen molar-refractivity contribution in [2.24, 2.45) is 11.3 Å². The lowest BCUT2D eigenvalue weighted by Gasteiger charge is -2.54. The molecule has 2 aromatic rings. The van der Waals surface area contributed by atoms with Crippen LogP contribution in [0.2, 0.25) is 0 Å². The molecular formula is C19H24N4O2. The predicted molar refractivity (Wildman–Crippen MR) is 94.4 cm³/mol. The molecule has 2 amide bonds. The van der Waals surface area contributed by atoms with E-state index >= 15 is 0 Å². The maximum absolute atomic E-state index is 12.4. The average molecular weight is 340 g/mol. The normalized spacial score (nSPS) is 26.6. The topological polar surface area (TPSA) is 68.2 Å². The van der Waals surface area contributed by atoms with Crippen LogP contribution in [0.15, 0.2) is 43.0 Å². The number of amides is 2. The van der Waals surface area contributed by atoms with E-state index in [2.05, 4.69) is 29.5 Å². The molecule has 4 rings (SSSR count). The van der Waals surface area contributed by atoms with E-state index in [1.807, 2.05) is 35.0 Å². The van der Waals surface area contributed by atoms with E-state index in [-0.39, 0.29) is 23.6 Å². The molecule has 6 nitrogen and oxygen atoms in total. The summed E-state index contributed by atoms with van der Waals surface area (Å²) in [6.07, 6.45) is 6.71. The SMILES string of the molecule is CC1(C)[C@H](NC(=O)NCc2ccccc2-n2ccnc2)[C@@H]2CCO[C@@H]21. The molecule has 2 fully saturated rings. The Morgan fingerprint density at radius 3 is 3.04 bits per heavy atom. The Morgan fingerprint density at radius 1 is 1.40 bits per heavy atom. The summed E-state index contributed by atoms with van der Waals surface area (Å²) in [5, 5.41) is 6.15. The monoisotopic (exact) mass is 340 g/mol. The molecule has 1 aliphatic carbocycles. The number of urea groups is 1. The van der Waals surface area contributed by atoms with Crippen molar-refractivity contribution in [1.29, 1.82) is 0 Å². The minimum absolute atomic E-state index is 0.00672. The third kappa shape index (κ3) is 2.80. The van der Waals surface area contributed by atoms with Crippen molar-refractivity contribution < 1.29 is 9.53 Å². The Hall–Kier alpha value is -2.34. The van der Waals surface area contributed by atoms with Gasteiger partial charge in [0.2, 0.25) is 0 Å². The number of hydrogen-bond acceptors (Lipinski definition) is 3. The van der Waals surface area contributed by atoms with Crippen molar-refractivity contribution in [2.45, 2.75) is 39.0 Å². The molecule has 1 aromatic carbocycles. The second-order valence-electron chi connectivity index (χ2n) is 7.47. The molecular weight excluding hydrogens is 316 g/mol. The van der Waals surface area contributed by atoms with Crippen molar-refractivity contribution in [2.75, 3.05) is 6.61 Å². The van der Waals surface area contributed by atoms with Crippen LogP contribution >= 0.6 is 0 Å². The van der Waals surface area contributed by atoms with Crippen LogP contribution in [0.5, 0.6) is 0 Å². The number of nitrogens with one attached hydrogen (secondary N) is 2. The zero-order chi connectivity index (χ0) is 17.4. The van der Waals surface area contributed by atoms with E-state index in [9.17, 15) is 4.79 Å². The number of benzene rings is 1. The van der Waals surface area contributed by atoms with Crippen LogP contribution < -0.4 is 10.6 Å². The summed E-state index contributed by atoms with van der Waals surface area (Å²) in [6.45, 7) is 5.60. The molecule has 6 heteroatoms. The molecule has 1 saturated carbocycles. The standard InChI is InChI=1S/C19H24N4O2/c1-19(2)16(14-7-10-25-17(14)19)22-18(24)21-11-13-5-3-4-6-15(13)23-9-8-20-12-23/h3-6,8-9,12,14,16-17H,7,10-11H2,1-2H3,(H2,21,22,24)/t14-,16+,17-/m0/s1. The minimum Gasteiger partial charge on any atom is -0.377 e. The minimum atomic E-state index is -0.121. The number of rotatable bonds is 4. The number of carbonyl (C=O) groups excluding carboxylic acids is 1. The highest BCUT2D eigenvalue weighted by Crippen LogP contribution is 2.52. The highest BCUT2D eigenvalue weighted by Gasteiger charge is 2.59. The van der Waals surface area contributed by atoms with Crippen molar-refractivity contribution in [1.82, 2.24) is 20.2 Å². The number of aromatic nitrogens is 2. The summed E-state index contributed by atoms with van der Waals surface area (Å²) in [5.74, 6) is 0.444. The van der Waals surface area contributed by atoms with Crippen LogP contribution in [0.3, 0.4) is 0 Å². The zero-order valence-electron chi connectivity index (χ0n) is 14.6. The van der Waals surface area contributed by atoms with Crippen molar-refractivity contribution in [3.8, 4) is 5.69 Å². The van der Waals surface area contributed by atoms with Gasteiger partial charge in [-0.15, -0.1) is 0 Å². The highest BCUT2D eigenvalue weighted by molar-refractivity contribution is 5.74. The first-order valence-corrected chi connectivity index (χ1v) is 8.79. The second kappa shape index (κ2) is 6.19. The number of carbonyl (C=O) groups is 1. The van der Waals surface area contributed by atoms with Crippen LogP contribution in [0.4, 0.5) is 4.79 Å². The predicted octanol–water partition coefficient (Wildman–Crippen LogP) is 2.49. The molecule has 2 heterocycles. The number of hydrogen-bond donors (Lipinski definition) is 2. The molecule has 0 bridgehead atoms. The van der Waals surface area contributed by atoms with Crippen LogP contribution in [0.1, 0.15) is 25.8 Å². The van der Waals surface area contributed by atoms with E-state index in [0.29, 0.717) is 12.5 Å². The molecule has 2 N–H and O–H groups in total. The molecule has 1 saturated heterocycles. The smallest absolute Gasteiger partial charge is 0.315 e. The van der Waals surface area contributed by atoms with Crippen molar-refractivity contribution >= 4 is 6.03 Å². The van der Waals surface area contributed by atoms with E-state index in [1.165, 1.54) is 0 Å². The Morgan fingerprint density at radius 2 is 2.24 bits per heavy atom. The van der Waals surface area contributed by atoms with Crippen molar-refractivity contribution in [3.63, 3.8) is 0 Å². The van der Waals surface area contributed by atoms with Gasteiger partial charge < -0.3 is 19.9 Å². The van der Waals surface area contributed by atoms with E-state index in [0.717, 1.165) is 24.3 Å². The maximum atomic E-state index is 12.4. The quantitative estimate of drug-likeness (QED) is 0.898. The average Bonchev–Trinajstić information content (AvgIpc) is 3.28. The number of para-hydroxylation sites is 1. The fourth-order valence-electron chi connectivity index (χ4n) is 4.30. The van der Waals surface area contributed by atoms with Gasteiger partial charge >= 0.3 is 6.03 Å². The zero-order valence-corrected chi connectivity index (χ0v) is 14.6. The lowest BCUT2D eigenvalue weighted by Crippen LogP contribution is -2.67. The second-order valence-corrected chi connectivity index (χ2v) is 7.47. The molecule has 3 atom stereocenters. The molecule has 0 unspecified atom stereocenters. The van der Waals surface area contributed by atoms with E-state index in [1.54, 1.807) is 12.5 Å². The fourth-order valence-corrected chi connectivity index (χ4v) is 4.30. The number of nitrogens with zero attached hydrogens (tertiary/aromatic N) is 2. The Labute approximate surface area is 147 Å². The molecule has 1 aliphatic heterocycles. The first-order valence-electron chi connectivity index (χ1n) is 8.79. The van der Waals surface area contributed by atoms with Crippen LogP contribution in [-0.2, 0) is 11.3 Å². The first-order chi connectivity index (χ1) is 12.1. The van der Waals surface area contributed by atoms with Gasteiger partial charge in [0, 0.05) is 42.9 Å². The molecule has 0 spiro atoms. The molecule has 1 aromatic heterocycles. The molecule has 25 heavy (non-hydrogen) atoms. The van der Waals surface area contributed by atoms with Gasteiger partial charge in [-0.25, -0.2) is 9.78 Å². The van der Waals surface area contributed by atoms with Gasteiger partial charge in [0.25, 0.3) is 0 Å². The van der Waals surface area contributed by atoms with E-state index in [4.69, 9.17) is 4.74 Å². The lowest BCUT2D eigenvalue weighted by atomic mass is 9.57. The summed E-state index contributed by atoms with van der Waals surface area (Å²) in [5.41, 5.74) is 2.06. The van der Waals surface area contributed by atoms with Crippen LogP contribution in [0, 0.1) is 11.3 Å². The van der Waals surface area contributed by atoms with Gasteiger partial charge in [-0.05, 0) is 18.1 Å². The maximum Gasteiger partial charge on any atom is 0.315 e. The summed E-state index contributed by atoms with van der Waals surface area (Å²) in [7, 11) is 0. The lowest BCUT2D eigenvalue weighted by molar-refractivity contribution is -0.108. The molecule has 0 radical (unpaired) electrons. The van der Waals surface area contributed by atoms with Gasteiger partial charge in [0.15, 0.2) is 0 Å². The van der Waals surface area contributed by atoms with Crippen LogP contribution in [-0.4, -0.2) is 34.3 Å². The van der Waals surface area contributed by atoms with Gasteiger partial charge in [-0.2, -0.15) is 0 Å². The summed E-state index contributed by atoms with van der Waals surface area (Å²) >= 11 is 0. The molecule has 132 valence electrons. The summed E-state index contributed by atoms with van der Waals surface area (Å²) in [4.78, 5) is 16.5. The summed E-state index contributed by atoms with van der Waals surface area (Å²) < 4.78 is 7.73.